The molecule has 1 aliphatic heterocycles. The standard InChI is InChI=1S/C22H30N2O3/c1-14-3-9-18(10-4-14)24-12-11-23(13-15(24)2)21(25)19-16-5-7-17(8-6-16)20(19)22(26)27/h3-4,9-10,15-17,19-20H,5-8,11-13H2,1-2H3,(H,26,27)/t15-,16?,17?,19-,20+/m1/s1. The Morgan fingerprint density at radius 1 is 0.963 bits per heavy atom. The maximum Gasteiger partial charge on any atom is 0.307 e. The molecule has 1 heterocycles. The molecular weight excluding hydrogens is 340 g/mol. The molecule has 4 fully saturated rings. The van der Waals surface area contributed by atoms with Crippen LogP contribution in [0.25, 0.3) is 0 Å². The van der Waals surface area contributed by atoms with E-state index in [4.69, 9.17) is 0 Å². The molecule has 5 rings (SSSR count). The van der Waals surface area contributed by atoms with Crippen LogP contribution in [0.15, 0.2) is 24.3 Å². The van der Waals surface area contributed by atoms with Gasteiger partial charge in [-0.2, -0.15) is 0 Å². The number of benzene rings is 1. The highest BCUT2D eigenvalue weighted by Crippen LogP contribution is 2.49. The second-order valence-electron chi connectivity index (χ2n) is 8.73. The third-order valence-corrected chi connectivity index (χ3v) is 7.09. The quantitative estimate of drug-likeness (QED) is 0.888. The van der Waals surface area contributed by atoms with Crippen LogP contribution >= 0.6 is 0 Å². The average Bonchev–Trinajstić information content (AvgIpc) is 2.68. The normalized spacial score (nSPS) is 33.2. The molecule has 0 radical (unpaired) electrons. The van der Waals surface area contributed by atoms with E-state index >= 15 is 0 Å². The minimum atomic E-state index is -0.769. The lowest BCUT2D eigenvalue weighted by molar-refractivity contribution is -0.162. The van der Waals surface area contributed by atoms with Crippen molar-refractivity contribution in [3.63, 3.8) is 0 Å². The van der Waals surface area contributed by atoms with E-state index in [-0.39, 0.29) is 29.7 Å². The van der Waals surface area contributed by atoms with Crippen molar-refractivity contribution in [2.24, 2.45) is 23.7 Å². The van der Waals surface area contributed by atoms with Crippen molar-refractivity contribution >= 4 is 17.6 Å². The number of anilines is 1. The van der Waals surface area contributed by atoms with E-state index in [1.165, 1.54) is 11.3 Å². The predicted octanol–water partition coefficient (Wildman–Crippen LogP) is 3.17. The number of carboxylic acid groups (broad SMARTS) is 1. The Balaban J connectivity index is 1.47. The Labute approximate surface area is 161 Å². The molecule has 1 amide bonds. The predicted molar refractivity (Wildman–Crippen MR) is 105 cm³/mol. The molecule has 2 bridgehead atoms. The zero-order chi connectivity index (χ0) is 19.1. The van der Waals surface area contributed by atoms with E-state index in [2.05, 4.69) is 43.0 Å². The number of fused-ring (bicyclic) bond motifs is 3. The van der Waals surface area contributed by atoms with Gasteiger partial charge in [-0.25, -0.2) is 0 Å². The van der Waals surface area contributed by atoms with Gasteiger partial charge in [0.25, 0.3) is 0 Å². The maximum atomic E-state index is 13.3. The highest BCUT2D eigenvalue weighted by Gasteiger charge is 2.51. The van der Waals surface area contributed by atoms with E-state index < -0.39 is 11.9 Å². The molecule has 4 aliphatic rings. The van der Waals surface area contributed by atoms with Crippen molar-refractivity contribution in [1.29, 1.82) is 0 Å². The van der Waals surface area contributed by atoms with Crippen LogP contribution in [0.3, 0.4) is 0 Å². The Morgan fingerprint density at radius 3 is 2.11 bits per heavy atom. The molecule has 5 heteroatoms. The van der Waals surface area contributed by atoms with Gasteiger partial charge in [0.15, 0.2) is 0 Å². The summed E-state index contributed by atoms with van der Waals surface area (Å²) in [7, 11) is 0. The molecule has 1 saturated heterocycles. The summed E-state index contributed by atoms with van der Waals surface area (Å²) in [6, 6.07) is 8.76. The summed E-state index contributed by atoms with van der Waals surface area (Å²) in [6.45, 7) is 6.39. The number of aryl methyl sites for hydroxylation is 1. The van der Waals surface area contributed by atoms with Crippen molar-refractivity contribution in [2.75, 3.05) is 24.5 Å². The van der Waals surface area contributed by atoms with Gasteiger partial charge in [-0.05, 0) is 63.5 Å². The van der Waals surface area contributed by atoms with E-state index in [0.717, 1.165) is 32.2 Å². The third kappa shape index (κ3) is 3.32. The number of rotatable bonds is 3. The van der Waals surface area contributed by atoms with Crippen LogP contribution in [-0.2, 0) is 9.59 Å². The Morgan fingerprint density at radius 2 is 1.56 bits per heavy atom. The van der Waals surface area contributed by atoms with Crippen LogP contribution in [0.5, 0.6) is 0 Å². The van der Waals surface area contributed by atoms with E-state index in [1.807, 2.05) is 4.90 Å². The smallest absolute Gasteiger partial charge is 0.307 e. The summed E-state index contributed by atoms with van der Waals surface area (Å²) in [5, 5.41) is 9.76. The topological polar surface area (TPSA) is 60.9 Å². The average molecular weight is 370 g/mol. The fourth-order valence-corrected chi connectivity index (χ4v) is 5.65. The first kappa shape index (κ1) is 18.3. The molecule has 146 valence electrons. The molecule has 27 heavy (non-hydrogen) atoms. The molecule has 3 aliphatic carbocycles. The third-order valence-electron chi connectivity index (χ3n) is 7.09. The second kappa shape index (κ2) is 7.17. The largest absolute Gasteiger partial charge is 0.481 e. The summed E-state index contributed by atoms with van der Waals surface area (Å²) in [4.78, 5) is 29.5. The van der Waals surface area contributed by atoms with Gasteiger partial charge in [0.05, 0.1) is 11.8 Å². The summed E-state index contributed by atoms with van der Waals surface area (Å²) in [5.74, 6) is -1.02. The van der Waals surface area contributed by atoms with E-state index in [0.29, 0.717) is 13.1 Å². The summed E-state index contributed by atoms with van der Waals surface area (Å²) >= 11 is 0. The monoisotopic (exact) mass is 370 g/mol. The highest BCUT2D eigenvalue weighted by molar-refractivity contribution is 5.86. The van der Waals surface area contributed by atoms with Gasteiger partial charge in [-0.1, -0.05) is 17.7 Å². The van der Waals surface area contributed by atoms with Crippen molar-refractivity contribution in [3.8, 4) is 0 Å². The molecule has 1 aromatic carbocycles. The van der Waals surface area contributed by atoms with Crippen LogP contribution in [0, 0.1) is 30.6 Å². The first-order valence-corrected chi connectivity index (χ1v) is 10.3. The van der Waals surface area contributed by atoms with Crippen molar-refractivity contribution in [1.82, 2.24) is 4.90 Å². The van der Waals surface area contributed by atoms with E-state index in [1.54, 1.807) is 0 Å². The van der Waals surface area contributed by atoms with Gasteiger partial charge >= 0.3 is 5.97 Å². The molecule has 0 aromatic heterocycles. The van der Waals surface area contributed by atoms with Crippen LogP contribution in [0.4, 0.5) is 5.69 Å². The van der Waals surface area contributed by atoms with Crippen molar-refractivity contribution < 1.29 is 14.7 Å². The Hall–Kier alpha value is -2.04. The lowest BCUT2D eigenvalue weighted by Crippen LogP contribution is -2.58. The molecule has 1 aromatic rings. The van der Waals surface area contributed by atoms with Crippen LogP contribution in [-0.4, -0.2) is 47.6 Å². The molecule has 0 unspecified atom stereocenters. The van der Waals surface area contributed by atoms with Gasteiger partial charge in [-0.3, -0.25) is 9.59 Å². The number of nitrogens with zero attached hydrogens (tertiary/aromatic N) is 2. The number of aliphatic carboxylic acids is 1. The maximum absolute atomic E-state index is 13.3. The summed E-state index contributed by atoms with van der Waals surface area (Å²) < 4.78 is 0. The lowest BCUT2D eigenvalue weighted by Gasteiger charge is -2.49. The fourth-order valence-electron chi connectivity index (χ4n) is 5.65. The van der Waals surface area contributed by atoms with Gasteiger partial charge in [0, 0.05) is 31.4 Å². The van der Waals surface area contributed by atoms with Gasteiger partial charge < -0.3 is 14.9 Å². The zero-order valence-electron chi connectivity index (χ0n) is 16.3. The zero-order valence-corrected chi connectivity index (χ0v) is 16.3. The van der Waals surface area contributed by atoms with Crippen molar-refractivity contribution in [3.05, 3.63) is 29.8 Å². The minimum absolute atomic E-state index is 0.0900. The van der Waals surface area contributed by atoms with Gasteiger partial charge in [-0.15, -0.1) is 0 Å². The molecule has 3 atom stereocenters. The number of carboxylic acids is 1. The highest BCUT2D eigenvalue weighted by atomic mass is 16.4. The molecule has 0 spiro atoms. The molecular formula is C22H30N2O3. The Kier molecular flexibility index (Phi) is 4.87. The number of piperazine rings is 1. The lowest BCUT2D eigenvalue weighted by atomic mass is 9.58. The number of carbonyl (C=O) groups excluding carboxylic acids is 1. The Bertz CT molecular complexity index is 709. The van der Waals surface area contributed by atoms with Crippen molar-refractivity contribution in [2.45, 2.75) is 45.6 Å². The number of carbonyl (C=O) groups is 2. The SMILES string of the molecule is Cc1ccc(N2CCN(C(=O)[C@@H]3C4CCC(CC4)[C@@H]3C(=O)O)C[C@H]2C)cc1. The van der Waals surface area contributed by atoms with Gasteiger partial charge in [0.2, 0.25) is 5.91 Å². The van der Waals surface area contributed by atoms with Crippen LogP contribution in [0.1, 0.15) is 38.2 Å². The first-order chi connectivity index (χ1) is 13.0. The summed E-state index contributed by atoms with van der Waals surface area (Å²) in [5.41, 5.74) is 2.44. The number of hydrogen-bond donors (Lipinski definition) is 1. The fraction of sp³-hybridized carbons (Fsp3) is 0.636. The van der Waals surface area contributed by atoms with Crippen LogP contribution < -0.4 is 4.90 Å². The van der Waals surface area contributed by atoms with E-state index in [9.17, 15) is 14.7 Å². The molecule has 5 nitrogen and oxygen atoms in total. The number of amides is 1. The minimum Gasteiger partial charge on any atom is -0.481 e. The molecule has 3 saturated carbocycles. The molecule has 1 N–H and O–H groups in total. The van der Waals surface area contributed by atoms with Crippen LogP contribution in [0.2, 0.25) is 0 Å². The first-order valence-electron chi connectivity index (χ1n) is 10.3. The summed E-state index contributed by atoms with van der Waals surface area (Å²) in [6.07, 6.45) is 3.99. The van der Waals surface area contributed by atoms with Gasteiger partial charge in [0.1, 0.15) is 0 Å². The number of hydrogen-bond acceptors (Lipinski definition) is 3. The second-order valence-corrected chi connectivity index (χ2v) is 8.73.